The number of carbonyl (C=O) groups is 1. The van der Waals surface area contributed by atoms with Crippen LogP contribution >= 0.6 is 0 Å². The van der Waals surface area contributed by atoms with Crippen LogP contribution in [0.1, 0.15) is 53.9 Å². The molecular formula is C12H17NO4. The first-order valence-electron chi connectivity index (χ1n) is 6.03. The van der Waals surface area contributed by atoms with Gasteiger partial charge in [-0.15, -0.1) is 0 Å². The third kappa shape index (κ3) is 2.49. The van der Waals surface area contributed by atoms with Gasteiger partial charge in [0.15, 0.2) is 5.76 Å². The lowest BCUT2D eigenvalue weighted by Crippen LogP contribution is -2.17. The summed E-state index contributed by atoms with van der Waals surface area (Å²) in [6, 6.07) is 0. The van der Waals surface area contributed by atoms with Crippen molar-refractivity contribution in [1.29, 1.82) is 0 Å². The zero-order valence-electron chi connectivity index (χ0n) is 9.94. The number of rotatable bonds is 4. The fourth-order valence-corrected chi connectivity index (χ4v) is 2.21. The summed E-state index contributed by atoms with van der Waals surface area (Å²) < 4.78 is 10.4. The van der Waals surface area contributed by atoms with Crippen molar-refractivity contribution in [3.8, 4) is 0 Å². The molecule has 0 aliphatic carbocycles. The average Bonchev–Trinajstić information content (AvgIpc) is 2.74. The van der Waals surface area contributed by atoms with Gasteiger partial charge in [-0.25, -0.2) is 4.79 Å². The SMILES string of the molecule is CCCc1onc(C2CCOCC2)c1C(=O)O. The quantitative estimate of drug-likeness (QED) is 0.872. The molecule has 0 unspecified atom stereocenters. The largest absolute Gasteiger partial charge is 0.477 e. The van der Waals surface area contributed by atoms with E-state index in [4.69, 9.17) is 9.26 Å². The summed E-state index contributed by atoms with van der Waals surface area (Å²) >= 11 is 0. The van der Waals surface area contributed by atoms with Gasteiger partial charge in [0, 0.05) is 25.6 Å². The van der Waals surface area contributed by atoms with Gasteiger partial charge in [-0.2, -0.15) is 0 Å². The van der Waals surface area contributed by atoms with Crippen molar-refractivity contribution >= 4 is 5.97 Å². The molecule has 1 aromatic rings. The van der Waals surface area contributed by atoms with Crippen molar-refractivity contribution in [3.05, 3.63) is 17.0 Å². The number of carboxylic acids is 1. The number of carboxylic acid groups (broad SMARTS) is 1. The van der Waals surface area contributed by atoms with Gasteiger partial charge < -0.3 is 14.4 Å². The van der Waals surface area contributed by atoms with E-state index < -0.39 is 5.97 Å². The maximum Gasteiger partial charge on any atom is 0.341 e. The van der Waals surface area contributed by atoms with E-state index in [0.29, 0.717) is 31.1 Å². The van der Waals surface area contributed by atoms with Gasteiger partial charge >= 0.3 is 5.97 Å². The van der Waals surface area contributed by atoms with Crippen molar-refractivity contribution < 1.29 is 19.2 Å². The second kappa shape index (κ2) is 5.31. The van der Waals surface area contributed by atoms with E-state index in [1.807, 2.05) is 6.92 Å². The summed E-state index contributed by atoms with van der Waals surface area (Å²) in [4.78, 5) is 11.3. The summed E-state index contributed by atoms with van der Waals surface area (Å²) in [6.45, 7) is 3.32. The smallest absolute Gasteiger partial charge is 0.341 e. The molecule has 1 aliphatic rings. The van der Waals surface area contributed by atoms with Crippen LogP contribution in [0.15, 0.2) is 4.52 Å². The van der Waals surface area contributed by atoms with Crippen LogP contribution in [0.4, 0.5) is 0 Å². The number of aromatic carboxylic acids is 1. The summed E-state index contributed by atoms with van der Waals surface area (Å²) in [7, 11) is 0. The van der Waals surface area contributed by atoms with Gasteiger partial charge in [-0.05, 0) is 19.3 Å². The average molecular weight is 239 g/mol. The molecule has 2 rings (SSSR count). The lowest BCUT2D eigenvalue weighted by atomic mass is 9.92. The highest BCUT2D eigenvalue weighted by Crippen LogP contribution is 2.30. The van der Waals surface area contributed by atoms with Crippen molar-refractivity contribution in [2.75, 3.05) is 13.2 Å². The second-order valence-electron chi connectivity index (χ2n) is 4.31. The van der Waals surface area contributed by atoms with Crippen LogP contribution < -0.4 is 0 Å². The second-order valence-corrected chi connectivity index (χ2v) is 4.31. The predicted octanol–water partition coefficient (Wildman–Crippen LogP) is 2.22. The highest BCUT2D eigenvalue weighted by molar-refractivity contribution is 5.90. The van der Waals surface area contributed by atoms with Crippen molar-refractivity contribution in [1.82, 2.24) is 5.16 Å². The molecule has 1 N–H and O–H groups in total. The van der Waals surface area contributed by atoms with E-state index in [1.54, 1.807) is 0 Å². The van der Waals surface area contributed by atoms with Gasteiger partial charge in [0.2, 0.25) is 0 Å². The van der Waals surface area contributed by atoms with E-state index in [0.717, 1.165) is 19.3 Å². The molecule has 5 nitrogen and oxygen atoms in total. The Kier molecular flexibility index (Phi) is 3.78. The van der Waals surface area contributed by atoms with Crippen LogP contribution in [0, 0.1) is 0 Å². The minimum atomic E-state index is -0.934. The Bertz CT molecular complexity index is 393. The first kappa shape index (κ1) is 12.1. The fourth-order valence-electron chi connectivity index (χ4n) is 2.21. The molecule has 0 radical (unpaired) electrons. The Balaban J connectivity index is 2.29. The Labute approximate surface area is 99.7 Å². The number of aromatic nitrogens is 1. The predicted molar refractivity (Wildman–Crippen MR) is 60.3 cm³/mol. The van der Waals surface area contributed by atoms with Crippen LogP contribution in [0.2, 0.25) is 0 Å². The van der Waals surface area contributed by atoms with Crippen molar-refractivity contribution in [3.63, 3.8) is 0 Å². The van der Waals surface area contributed by atoms with E-state index >= 15 is 0 Å². The molecule has 17 heavy (non-hydrogen) atoms. The number of ether oxygens (including phenoxy) is 1. The molecule has 5 heteroatoms. The molecule has 1 saturated heterocycles. The molecule has 0 atom stereocenters. The molecule has 0 spiro atoms. The molecule has 94 valence electrons. The minimum absolute atomic E-state index is 0.157. The molecule has 1 aliphatic heterocycles. The topological polar surface area (TPSA) is 72.6 Å². The van der Waals surface area contributed by atoms with Crippen molar-refractivity contribution in [2.24, 2.45) is 0 Å². The van der Waals surface area contributed by atoms with E-state index in [9.17, 15) is 9.90 Å². The maximum atomic E-state index is 11.3. The number of nitrogens with zero attached hydrogens (tertiary/aromatic N) is 1. The normalized spacial score (nSPS) is 17.2. The van der Waals surface area contributed by atoms with Crippen molar-refractivity contribution in [2.45, 2.75) is 38.5 Å². The molecule has 2 heterocycles. The molecule has 0 saturated carbocycles. The maximum absolute atomic E-state index is 11.3. The molecule has 1 fully saturated rings. The third-order valence-corrected chi connectivity index (χ3v) is 3.09. The van der Waals surface area contributed by atoms with Gasteiger partial charge in [0.25, 0.3) is 0 Å². The first-order chi connectivity index (χ1) is 8.24. The molecule has 0 aromatic carbocycles. The van der Waals surface area contributed by atoms with Crippen LogP contribution in [0.5, 0.6) is 0 Å². The standard InChI is InChI=1S/C12H17NO4/c1-2-3-9-10(12(14)15)11(13-17-9)8-4-6-16-7-5-8/h8H,2-7H2,1H3,(H,14,15). The molecule has 1 aromatic heterocycles. The van der Waals surface area contributed by atoms with Crippen LogP contribution in [-0.4, -0.2) is 29.4 Å². The van der Waals surface area contributed by atoms with Gasteiger partial charge in [-0.3, -0.25) is 0 Å². The zero-order valence-corrected chi connectivity index (χ0v) is 9.94. The van der Waals surface area contributed by atoms with E-state index in [-0.39, 0.29) is 11.5 Å². The van der Waals surface area contributed by atoms with E-state index in [2.05, 4.69) is 5.16 Å². The summed E-state index contributed by atoms with van der Waals surface area (Å²) in [6.07, 6.45) is 3.11. The summed E-state index contributed by atoms with van der Waals surface area (Å²) in [5, 5.41) is 13.2. The number of hydrogen-bond acceptors (Lipinski definition) is 4. The van der Waals surface area contributed by atoms with Gasteiger partial charge in [0.1, 0.15) is 11.3 Å². The minimum Gasteiger partial charge on any atom is -0.477 e. The van der Waals surface area contributed by atoms with Crippen LogP contribution in [0.3, 0.4) is 0 Å². The van der Waals surface area contributed by atoms with Gasteiger partial charge in [0.05, 0.1) is 0 Å². The Hall–Kier alpha value is -1.36. The first-order valence-corrected chi connectivity index (χ1v) is 6.03. The third-order valence-electron chi connectivity index (χ3n) is 3.09. The summed E-state index contributed by atoms with van der Waals surface area (Å²) in [5.74, 6) is -0.276. The Morgan fingerprint density at radius 3 is 2.76 bits per heavy atom. The molecule has 0 amide bonds. The highest BCUT2D eigenvalue weighted by atomic mass is 16.5. The van der Waals surface area contributed by atoms with Gasteiger partial charge in [-0.1, -0.05) is 12.1 Å². The lowest BCUT2D eigenvalue weighted by molar-refractivity contribution is 0.0683. The lowest BCUT2D eigenvalue weighted by Gasteiger charge is -2.20. The Morgan fingerprint density at radius 1 is 1.47 bits per heavy atom. The number of hydrogen-bond donors (Lipinski definition) is 1. The monoisotopic (exact) mass is 239 g/mol. The highest BCUT2D eigenvalue weighted by Gasteiger charge is 2.28. The van der Waals surface area contributed by atoms with E-state index in [1.165, 1.54) is 0 Å². The van der Waals surface area contributed by atoms with Crippen LogP contribution in [-0.2, 0) is 11.2 Å². The molecule has 0 bridgehead atoms. The fraction of sp³-hybridized carbons (Fsp3) is 0.667. The number of aryl methyl sites for hydroxylation is 1. The summed E-state index contributed by atoms with van der Waals surface area (Å²) in [5.41, 5.74) is 0.878. The van der Waals surface area contributed by atoms with Crippen LogP contribution in [0.25, 0.3) is 0 Å². The molecular weight excluding hydrogens is 222 g/mol. The Morgan fingerprint density at radius 2 is 2.18 bits per heavy atom. The zero-order chi connectivity index (χ0) is 12.3.